The predicted octanol–water partition coefficient (Wildman–Crippen LogP) is 5.92. The first-order chi connectivity index (χ1) is 14.9. The molecule has 1 fully saturated rings. The number of rotatable bonds is 5. The summed E-state index contributed by atoms with van der Waals surface area (Å²) in [5, 5.41) is 0. The van der Waals surface area contributed by atoms with Crippen molar-refractivity contribution in [3.05, 3.63) is 53.3 Å². The van der Waals surface area contributed by atoms with Gasteiger partial charge in [0.2, 0.25) is 0 Å². The molecule has 2 aliphatic heterocycles. The lowest BCUT2D eigenvalue weighted by Gasteiger charge is -2.47. The van der Waals surface area contributed by atoms with E-state index in [9.17, 15) is 0 Å². The summed E-state index contributed by atoms with van der Waals surface area (Å²) in [6, 6.07) is 11.9. The van der Waals surface area contributed by atoms with E-state index in [2.05, 4.69) is 54.6 Å². The van der Waals surface area contributed by atoms with Gasteiger partial charge in [-0.15, -0.1) is 0 Å². The van der Waals surface area contributed by atoms with Gasteiger partial charge in [-0.25, -0.2) is 4.39 Å². The van der Waals surface area contributed by atoms with Gasteiger partial charge >= 0.3 is 0 Å². The Labute approximate surface area is 185 Å². The molecule has 4 nitrogen and oxygen atoms in total. The molecule has 31 heavy (non-hydrogen) atoms. The quantitative estimate of drug-likeness (QED) is 0.559. The number of halogens is 1. The first-order valence-corrected chi connectivity index (χ1v) is 11.5. The van der Waals surface area contributed by atoms with Gasteiger partial charge in [-0.3, -0.25) is 4.99 Å². The minimum Gasteiger partial charge on any atom is -0.378 e. The van der Waals surface area contributed by atoms with Crippen LogP contribution in [0.1, 0.15) is 57.6 Å². The van der Waals surface area contributed by atoms with E-state index in [1.54, 1.807) is 12.3 Å². The zero-order valence-corrected chi connectivity index (χ0v) is 19.2. The third kappa shape index (κ3) is 4.62. The van der Waals surface area contributed by atoms with Crippen molar-refractivity contribution in [1.29, 1.82) is 0 Å². The Morgan fingerprint density at radius 1 is 1.16 bits per heavy atom. The van der Waals surface area contributed by atoms with Crippen molar-refractivity contribution < 1.29 is 9.13 Å². The van der Waals surface area contributed by atoms with Crippen LogP contribution in [-0.2, 0) is 4.74 Å². The molecule has 2 aromatic carbocycles. The number of anilines is 2. The van der Waals surface area contributed by atoms with Crippen molar-refractivity contribution in [2.24, 2.45) is 4.99 Å². The largest absolute Gasteiger partial charge is 0.378 e. The highest BCUT2D eigenvalue weighted by molar-refractivity contribution is 5.84. The summed E-state index contributed by atoms with van der Waals surface area (Å²) in [7, 11) is 0. The lowest BCUT2D eigenvalue weighted by Crippen LogP contribution is -2.48. The number of hydrogen-bond acceptors (Lipinski definition) is 4. The Morgan fingerprint density at radius 3 is 2.55 bits per heavy atom. The van der Waals surface area contributed by atoms with Crippen LogP contribution in [0.15, 0.2) is 41.4 Å². The van der Waals surface area contributed by atoms with Crippen molar-refractivity contribution in [2.45, 2.75) is 52.0 Å². The molecule has 0 bridgehead atoms. The molecule has 0 spiro atoms. The van der Waals surface area contributed by atoms with Gasteiger partial charge in [0, 0.05) is 48.3 Å². The predicted molar refractivity (Wildman–Crippen MR) is 128 cm³/mol. The summed E-state index contributed by atoms with van der Waals surface area (Å²) in [5.41, 5.74) is 4.85. The maximum atomic E-state index is 15.0. The normalized spacial score (nSPS) is 20.9. The number of morpholine rings is 1. The van der Waals surface area contributed by atoms with Crippen molar-refractivity contribution in [2.75, 3.05) is 42.6 Å². The van der Waals surface area contributed by atoms with E-state index >= 15 is 4.39 Å². The van der Waals surface area contributed by atoms with E-state index < -0.39 is 0 Å². The molecule has 2 heterocycles. The van der Waals surface area contributed by atoms with Crippen LogP contribution in [0.4, 0.5) is 21.5 Å². The molecule has 0 aliphatic carbocycles. The average molecular weight is 424 g/mol. The Kier molecular flexibility index (Phi) is 6.33. The van der Waals surface area contributed by atoms with Gasteiger partial charge in [-0.1, -0.05) is 13.8 Å². The van der Waals surface area contributed by atoms with Crippen LogP contribution in [0.5, 0.6) is 0 Å². The second kappa shape index (κ2) is 8.99. The summed E-state index contributed by atoms with van der Waals surface area (Å²) in [4.78, 5) is 9.24. The molecular formula is C26H34FN3O. The second-order valence-electron chi connectivity index (χ2n) is 9.38. The number of aliphatic imine (C=N–C) groups is 1. The second-order valence-corrected chi connectivity index (χ2v) is 9.38. The van der Waals surface area contributed by atoms with Crippen LogP contribution in [0, 0.1) is 5.82 Å². The van der Waals surface area contributed by atoms with Crippen molar-refractivity contribution in [3.8, 4) is 0 Å². The summed E-state index contributed by atoms with van der Waals surface area (Å²) < 4.78 is 20.5. The highest BCUT2D eigenvalue weighted by atomic mass is 19.1. The van der Waals surface area contributed by atoms with Crippen LogP contribution < -0.4 is 9.80 Å². The van der Waals surface area contributed by atoms with E-state index in [1.165, 1.54) is 11.3 Å². The standard InChI is InChI=1S/C26H34FN3O/c1-5-10-30-25-16-24(27)20(15-23(25)19(2)17-26(30,3)4)18-28-21-6-8-22(9-7-21)29-11-13-31-14-12-29/h6-9,15-16,18-19H,5,10-14,17H2,1-4H3. The molecule has 0 radical (unpaired) electrons. The van der Waals surface area contributed by atoms with E-state index in [-0.39, 0.29) is 11.4 Å². The lowest BCUT2D eigenvalue weighted by molar-refractivity contribution is 0.122. The number of fused-ring (bicyclic) bond motifs is 1. The molecule has 1 saturated heterocycles. The summed E-state index contributed by atoms with van der Waals surface area (Å²) >= 11 is 0. The van der Waals surface area contributed by atoms with Crippen LogP contribution in [0.2, 0.25) is 0 Å². The number of nitrogens with zero attached hydrogens (tertiary/aromatic N) is 3. The maximum absolute atomic E-state index is 15.0. The lowest BCUT2D eigenvalue weighted by atomic mass is 9.79. The topological polar surface area (TPSA) is 28.1 Å². The zero-order chi connectivity index (χ0) is 22.0. The first kappa shape index (κ1) is 21.8. The monoisotopic (exact) mass is 423 g/mol. The van der Waals surface area contributed by atoms with Crippen molar-refractivity contribution in [3.63, 3.8) is 0 Å². The minimum atomic E-state index is -0.210. The third-order valence-electron chi connectivity index (χ3n) is 6.53. The van der Waals surface area contributed by atoms with E-state index in [1.807, 2.05) is 18.2 Å². The van der Waals surface area contributed by atoms with Gasteiger partial charge in [0.05, 0.1) is 18.9 Å². The molecular weight excluding hydrogens is 389 g/mol. The smallest absolute Gasteiger partial charge is 0.134 e. The fourth-order valence-corrected chi connectivity index (χ4v) is 4.98. The Balaban J connectivity index is 1.57. The summed E-state index contributed by atoms with van der Waals surface area (Å²) in [5.74, 6) is 0.178. The number of ether oxygens (including phenoxy) is 1. The van der Waals surface area contributed by atoms with Gasteiger partial charge in [0.15, 0.2) is 0 Å². The van der Waals surface area contributed by atoms with Crippen LogP contribution in [-0.4, -0.2) is 44.6 Å². The summed E-state index contributed by atoms with van der Waals surface area (Å²) in [6.45, 7) is 13.2. The Morgan fingerprint density at radius 2 is 1.87 bits per heavy atom. The fraction of sp³-hybridized carbons (Fsp3) is 0.500. The molecule has 0 N–H and O–H groups in total. The SMILES string of the molecule is CCCN1c2cc(F)c(C=Nc3ccc(N4CCOCC4)cc3)cc2C(C)CC1(C)C. The van der Waals surface area contributed by atoms with E-state index in [4.69, 9.17) is 4.74 Å². The molecule has 0 aromatic heterocycles. The fourth-order valence-electron chi connectivity index (χ4n) is 4.98. The Bertz CT molecular complexity index is 932. The van der Waals surface area contributed by atoms with E-state index in [0.29, 0.717) is 11.5 Å². The molecule has 1 atom stereocenters. The minimum absolute atomic E-state index is 0.0344. The summed E-state index contributed by atoms with van der Waals surface area (Å²) in [6.07, 6.45) is 3.77. The van der Waals surface area contributed by atoms with Crippen molar-refractivity contribution in [1.82, 2.24) is 0 Å². The van der Waals surface area contributed by atoms with Crippen molar-refractivity contribution >= 4 is 23.3 Å². The number of hydrogen-bond donors (Lipinski definition) is 0. The van der Waals surface area contributed by atoms with Gasteiger partial charge in [-0.2, -0.15) is 0 Å². The third-order valence-corrected chi connectivity index (χ3v) is 6.53. The molecule has 166 valence electrons. The van der Waals surface area contributed by atoms with Gasteiger partial charge in [0.1, 0.15) is 5.82 Å². The van der Waals surface area contributed by atoms with E-state index in [0.717, 1.165) is 57.1 Å². The molecule has 5 heteroatoms. The van der Waals surface area contributed by atoms with Crippen LogP contribution in [0.25, 0.3) is 0 Å². The zero-order valence-electron chi connectivity index (χ0n) is 19.2. The van der Waals surface area contributed by atoms with Gasteiger partial charge < -0.3 is 14.5 Å². The molecule has 0 saturated carbocycles. The van der Waals surface area contributed by atoms with Gasteiger partial charge in [-0.05, 0) is 74.6 Å². The average Bonchev–Trinajstić information content (AvgIpc) is 2.76. The van der Waals surface area contributed by atoms with Gasteiger partial charge in [0.25, 0.3) is 0 Å². The number of benzene rings is 2. The molecule has 4 rings (SSSR count). The molecule has 2 aliphatic rings. The molecule has 0 amide bonds. The first-order valence-electron chi connectivity index (χ1n) is 11.5. The maximum Gasteiger partial charge on any atom is 0.134 e. The molecule has 1 unspecified atom stereocenters. The highest BCUT2D eigenvalue weighted by Gasteiger charge is 2.36. The van der Waals surface area contributed by atoms with Crippen LogP contribution in [0.3, 0.4) is 0 Å². The van der Waals surface area contributed by atoms with Crippen LogP contribution >= 0.6 is 0 Å². The molecule has 2 aromatic rings. The Hall–Kier alpha value is -2.40. The highest BCUT2D eigenvalue weighted by Crippen LogP contribution is 2.44.